The van der Waals surface area contributed by atoms with Crippen molar-refractivity contribution < 1.29 is 13.0 Å². The van der Waals surface area contributed by atoms with Crippen molar-refractivity contribution in [3.63, 3.8) is 0 Å². The van der Waals surface area contributed by atoms with Crippen molar-refractivity contribution in [2.75, 3.05) is 0 Å². The third kappa shape index (κ3) is 2.91. The van der Waals surface area contributed by atoms with E-state index in [2.05, 4.69) is 4.72 Å². The van der Waals surface area contributed by atoms with Crippen LogP contribution in [0.15, 0.2) is 0 Å². The second kappa shape index (κ2) is 4.16. The van der Waals surface area contributed by atoms with Crippen LogP contribution in [0, 0.1) is 11.8 Å². The first-order valence-corrected chi connectivity index (χ1v) is 5.73. The second-order valence-electron chi connectivity index (χ2n) is 3.87. The summed E-state index contributed by atoms with van der Waals surface area (Å²) < 4.78 is 31.9. The van der Waals surface area contributed by atoms with Crippen LogP contribution in [0.1, 0.15) is 25.7 Å². The molecule has 2 bridgehead atoms. The van der Waals surface area contributed by atoms with Gasteiger partial charge in [0.15, 0.2) is 0 Å². The SMILES string of the molecule is O=S(=O)(O)NC1CC2CCC1C2.[NaH]. The van der Waals surface area contributed by atoms with Crippen molar-refractivity contribution in [2.45, 2.75) is 31.7 Å². The molecule has 6 heteroatoms. The molecular weight excluding hydrogens is 201 g/mol. The van der Waals surface area contributed by atoms with Gasteiger partial charge < -0.3 is 0 Å². The monoisotopic (exact) mass is 215 g/mol. The van der Waals surface area contributed by atoms with E-state index in [4.69, 9.17) is 4.55 Å². The van der Waals surface area contributed by atoms with Gasteiger partial charge in [0.2, 0.25) is 0 Å². The Balaban J connectivity index is 0.000000845. The molecule has 72 valence electrons. The fourth-order valence-electron chi connectivity index (χ4n) is 2.58. The molecule has 13 heavy (non-hydrogen) atoms. The van der Waals surface area contributed by atoms with Gasteiger partial charge in [0, 0.05) is 6.04 Å². The van der Waals surface area contributed by atoms with Crippen molar-refractivity contribution in [1.82, 2.24) is 4.72 Å². The first-order chi connectivity index (χ1) is 5.54. The molecule has 3 unspecified atom stereocenters. The minimum atomic E-state index is -3.98. The predicted molar refractivity (Wildman–Crippen MR) is 51.1 cm³/mol. The summed E-state index contributed by atoms with van der Waals surface area (Å²) in [7, 11) is -3.98. The number of hydrogen-bond donors (Lipinski definition) is 2. The quantitative estimate of drug-likeness (QED) is 0.500. The molecule has 2 aliphatic carbocycles. The van der Waals surface area contributed by atoms with Crippen LogP contribution >= 0.6 is 0 Å². The van der Waals surface area contributed by atoms with E-state index < -0.39 is 10.3 Å². The van der Waals surface area contributed by atoms with Gasteiger partial charge in [-0.1, -0.05) is 6.42 Å². The first kappa shape index (κ1) is 11.9. The Labute approximate surface area is 101 Å². The maximum atomic E-state index is 10.5. The average molecular weight is 215 g/mol. The van der Waals surface area contributed by atoms with E-state index in [1.54, 1.807) is 0 Å². The van der Waals surface area contributed by atoms with Crippen LogP contribution in [0.3, 0.4) is 0 Å². The molecule has 0 aromatic rings. The average Bonchev–Trinajstić information content (AvgIpc) is 2.42. The molecule has 3 atom stereocenters. The van der Waals surface area contributed by atoms with Crippen molar-refractivity contribution in [2.24, 2.45) is 11.8 Å². The van der Waals surface area contributed by atoms with E-state index in [1.807, 2.05) is 0 Å². The number of nitrogens with one attached hydrogen (secondary N) is 1. The third-order valence-corrected chi connectivity index (χ3v) is 3.64. The topological polar surface area (TPSA) is 66.4 Å². The van der Waals surface area contributed by atoms with E-state index in [-0.39, 0.29) is 35.6 Å². The van der Waals surface area contributed by atoms with Gasteiger partial charge in [-0.15, -0.1) is 0 Å². The summed E-state index contributed by atoms with van der Waals surface area (Å²) in [5, 5.41) is 0. The molecular formula is C7H14NNaO3S. The number of rotatable bonds is 2. The maximum absolute atomic E-state index is 10.5. The van der Waals surface area contributed by atoms with E-state index in [0.717, 1.165) is 19.3 Å². The van der Waals surface area contributed by atoms with Crippen LogP contribution in [0.4, 0.5) is 0 Å². The van der Waals surface area contributed by atoms with Gasteiger partial charge in [-0.05, 0) is 31.1 Å². The zero-order chi connectivity index (χ0) is 8.77. The Bertz CT molecular complexity index is 279. The molecule has 0 heterocycles. The first-order valence-electron chi connectivity index (χ1n) is 4.29. The van der Waals surface area contributed by atoms with Gasteiger partial charge in [-0.25, -0.2) is 0 Å². The van der Waals surface area contributed by atoms with Gasteiger partial charge in [0.05, 0.1) is 0 Å². The zero-order valence-corrected chi connectivity index (χ0v) is 7.55. The molecule has 0 aromatic carbocycles. The molecule has 4 nitrogen and oxygen atoms in total. The molecule has 2 rings (SSSR count). The number of hydrogen-bond acceptors (Lipinski definition) is 2. The Hall–Kier alpha value is 0.870. The Morgan fingerprint density at radius 3 is 2.31 bits per heavy atom. The van der Waals surface area contributed by atoms with Crippen LogP contribution in [0.2, 0.25) is 0 Å². The van der Waals surface area contributed by atoms with Gasteiger partial charge in [-0.3, -0.25) is 4.55 Å². The Morgan fingerprint density at radius 2 is 1.92 bits per heavy atom. The van der Waals surface area contributed by atoms with Crippen LogP contribution < -0.4 is 4.72 Å². The summed E-state index contributed by atoms with van der Waals surface area (Å²) in [6, 6.07) is -0.00116. The normalized spacial score (nSPS) is 37.5. The second-order valence-corrected chi connectivity index (χ2v) is 5.06. The summed E-state index contributed by atoms with van der Waals surface area (Å²) in [6.45, 7) is 0. The molecule has 2 saturated carbocycles. The zero-order valence-electron chi connectivity index (χ0n) is 6.73. The van der Waals surface area contributed by atoms with Gasteiger partial charge in [0.1, 0.15) is 0 Å². The van der Waals surface area contributed by atoms with Gasteiger partial charge >= 0.3 is 39.9 Å². The van der Waals surface area contributed by atoms with E-state index >= 15 is 0 Å². The van der Waals surface area contributed by atoms with Crippen LogP contribution in [0.5, 0.6) is 0 Å². The Kier molecular flexibility index (Phi) is 3.82. The summed E-state index contributed by atoms with van der Waals surface area (Å²) in [6.07, 6.45) is 4.38. The summed E-state index contributed by atoms with van der Waals surface area (Å²) in [4.78, 5) is 0. The van der Waals surface area contributed by atoms with E-state index in [9.17, 15) is 8.42 Å². The Morgan fingerprint density at radius 1 is 1.23 bits per heavy atom. The van der Waals surface area contributed by atoms with Gasteiger partial charge in [-0.2, -0.15) is 13.1 Å². The molecule has 0 spiro atoms. The number of fused-ring (bicyclic) bond motifs is 2. The van der Waals surface area contributed by atoms with Crippen molar-refractivity contribution in [1.29, 1.82) is 0 Å². The molecule has 0 amide bonds. The molecule has 0 saturated heterocycles. The predicted octanol–water partition coefficient (Wildman–Crippen LogP) is -0.0811. The summed E-state index contributed by atoms with van der Waals surface area (Å²) in [5.74, 6) is 1.16. The summed E-state index contributed by atoms with van der Waals surface area (Å²) >= 11 is 0. The van der Waals surface area contributed by atoms with Crippen LogP contribution in [0.25, 0.3) is 0 Å². The fourth-order valence-corrected chi connectivity index (χ4v) is 3.25. The van der Waals surface area contributed by atoms with Crippen molar-refractivity contribution >= 4 is 39.9 Å². The molecule has 2 aliphatic rings. The van der Waals surface area contributed by atoms with Crippen LogP contribution in [-0.4, -0.2) is 48.6 Å². The molecule has 0 aliphatic heterocycles. The van der Waals surface area contributed by atoms with Crippen molar-refractivity contribution in [3.05, 3.63) is 0 Å². The molecule has 0 aromatic heterocycles. The van der Waals surface area contributed by atoms with E-state index in [1.165, 1.54) is 6.42 Å². The summed E-state index contributed by atoms with van der Waals surface area (Å²) in [5.41, 5.74) is 0. The third-order valence-electron chi connectivity index (χ3n) is 3.04. The standard InChI is InChI=1S/C7H13NO3S.Na.H/c9-12(10,11)8-7-4-5-1-2-6(7)3-5;;/h5-8H,1-4H2,(H,9,10,11);;. The van der Waals surface area contributed by atoms with E-state index in [0.29, 0.717) is 11.8 Å². The van der Waals surface area contributed by atoms with Crippen molar-refractivity contribution in [3.8, 4) is 0 Å². The molecule has 0 radical (unpaired) electrons. The minimum absolute atomic E-state index is 0. The molecule has 2 fully saturated rings. The molecule has 2 N–H and O–H groups in total. The fraction of sp³-hybridized carbons (Fsp3) is 1.00. The van der Waals surface area contributed by atoms with Crippen LogP contribution in [-0.2, 0) is 10.3 Å². The van der Waals surface area contributed by atoms with Gasteiger partial charge in [0.25, 0.3) is 0 Å².